The summed E-state index contributed by atoms with van der Waals surface area (Å²) in [4.78, 5) is 0. The van der Waals surface area contributed by atoms with Crippen LogP contribution in [0.4, 0.5) is 16.4 Å². The molecule has 0 radical (unpaired) electrons. The van der Waals surface area contributed by atoms with Crippen molar-refractivity contribution in [2.24, 2.45) is 0 Å². The minimum atomic E-state index is -5.33. The van der Waals surface area contributed by atoms with Crippen molar-refractivity contribution >= 4 is 39.7 Å². The van der Waals surface area contributed by atoms with Gasteiger partial charge in [-0.15, -0.1) is 23.2 Å². The molecule has 0 aromatic carbocycles. The highest BCUT2D eigenvalue weighted by atomic mass is 35.5. The Morgan fingerprint density at radius 1 is 0.833 bits per heavy atom. The first-order valence-electron chi connectivity index (χ1n) is 3.30. The van der Waals surface area contributed by atoms with Gasteiger partial charge in [0.25, 0.3) is 0 Å². The number of hydrogen-bond donors (Lipinski definition) is 0. The molecule has 0 spiro atoms. The van der Waals surface area contributed by atoms with Crippen LogP contribution in [0.5, 0.6) is 0 Å². The molecular weight excluding hydrogens is 251 g/mol. The molecule has 1 aliphatic rings. The Balaban J connectivity index is 2.80. The molecule has 1 rings (SSSR count). The minimum absolute atomic E-state index is 0.859. The van der Waals surface area contributed by atoms with E-state index in [-0.39, 0.29) is 0 Å². The van der Waals surface area contributed by atoms with Gasteiger partial charge in [-0.3, -0.25) is 16.4 Å². The van der Waals surface area contributed by atoms with E-state index >= 15 is 0 Å². The van der Waals surface area contributed by atoms with Crippen molar-refractivity contribution in [1.29, 1.82) is 0 Å². The molecule has 72 valence electrons. The molecular formula is C4H6Cl2F4Si2. The van der Waals surface area contributed by atoms with E-state index in [1.165, 1.54) is 0 Å². The highest BCUT2D eigenvalue weighted by Crippen LogP contribution is 2.43. The highest BCUT2D eigenvalue weighted by molar-refractivity contribution is 7.31. The van der Waals surface area contributed by atoms with Gasteiger partial charge in [-0.2, -0.15) is 0 Å². The van der Waals surface area contributed by atoms with Crippen LogP contribution in [-0.4, -0.2) is 27.3 Å². The summed E-state index contributed by atoms with van der Waals surface area (Å²) in [6.07, 6.45) is 0. The van der Waals surface area contributed by atoms with E-state index < -0.39 is 39.4 Å². The number of rotatable bonds is 0. The molecule has 8 heteroatoms. The first-order chi connectivity index (χ1) is 5.26. The molecule has 0 bridgehead atoms. The third kappa shape index (κ3) is 1.81. The number of alkyl halides is 2. The van der Waals surface area contributed by atoms with Gasteiger partial charge in [0.15, 0.2) is 0 Å². The zero-order chi connectivity index (χ0) is 9.57. The third-order valence-electron chi connectivity index (χ3n) is 1.83. The molecule has 0 nitrogen and oxygen atoms in total. The summed E-state index contributed by atoms with van der Waals surface area (Å²) >= 11 is 10.8. The Hall–Kier alpha value is 0.734. The maximum atomic E-state index is 12.7. The van der Waals surface area contributed by atoms with Crippen molar-refractivity contribution in [3.8, 4) is 0 Å². The lowest BCUT2D eigenvalue weighted by molar-refractivity contribution is 0.520. The van der Waals surface area contributed by atoms with E-state index in [1.54, 1.807) is 0 Å². The van der Waals surface area contributed by atoms with Crippen molar-refractivity contribution in [3.63, 3.8) is 0 Å². The maximum absolute atomic E-state index is 12.7. The summed E-state index contributed by atoms with van der Waals surface area (Å²) in [5.41, 5.74) is 0. The van der Waals surface area contributed by atoms with Crippen LogP contribution in [0.1, 0.15) is 0 Å². The van der Waals surface area contributed by atoms with Crippen LogP contribution in [0.2, 0.25) is 12.1 Å². The average Bonchev–Trinajstić information content (AvgIpc) is 1.82. The van der Waals surface area contributed by atoms with Gasteiger partial charge in [-0.25, -0.2) is 0 Å². The lowest BCUT2D eigenvalue weighted by atomic mass is 10.3. The van der Waals surface area contributed by atoms with Crippen molar-refractivity contribution in [3.05, 3.63) is 0 Å². The van der Waals surface area contributed by atoms with Gasteiger partial charge in [0.1, 0.15) is 0 Å². The molecule has 0 saturated carbocycles. The Bertz CT molecular complexity index is 168. The number of hydrogen-bond acceptors (Lipinski definition) is 0. The molecule has 0 N–H and O–H groups in total. The molecule has 0 aromatic heterocycles. The molecule has 2 unspecified atom stereocenters. The Morgan fingerprint density at radius 3 is 1.33 bits per heavy atom. The van der Waals surface area contributed by atoms with Crippen molar-refractivity contribution < 1.29 is 16.4 Å². The first-order valence-corrected chi connectivity index (χ1v) is 9.10. The summed E-state index contributed by atoms with van der Waals surface area (Å²) in [6, 6.07) is -1.72. The van der Waals surface area contributed by atoms with Crippen LogP contribution in [0.3, 0.4) is 0 Å². The van der Waals surface area contributed by atoms with Gasteiger partial charge >= 0.3 is 16.5 Å². The first kappa shape index (κ1) is 10.8. The second kappa shape index (κ2) is 3.14. The summed E-state index contributed by atoms with van der Waals surface area (Å²) in [5, 5.41) is -1.97. The van der Waals surface area contributed by atoms with Gasteiger partial charge in [-0.1, -0.05) is 0 Å². The van der Waals surface area contributed by atoms with Crippen molar-refractivity contribution in [1.82, 2.24) is 0 Å². The summed E-state index contributed by atoms with van der Waals surface area (Å²) in [7, 11) is -10.7. The predicted octanol–water partition coefficient (Wildman–Crippen LogP) is 3.06. The maximum Gasteiger partial charge on any atom is 0.478 e. The SMILES string of the molecule is F[Si]1(F)CC(Cl)C(Cl)C[Si]1(F)F. The largest absolute Gasteiger partial charge is 0.478 e. The third-order valence-corrected chi connectivity index (χ3v) is 10.8. The molecule has 1 fully saturated rings. The molecule has 0 aromatic rings. The van der Waals surface area contributed by atoms with E-state index in [0.717, 1.165) is 0 Å². The standard InChI is InChI=1S/C4H6Cl2F4Si2/c5-3-1-11(7,8)12(9,10)2-4(3)6/h3-4H,1-2H2. The summed E-state index contributed by atoms with van der Waals surface area (Å²) < 4.78 is 50.9. The smallest absolute Gasteiger partial charge is 0.268 e. The Kier molecular flexibility index (Phi) is 2.83. The van der Waals surface area contributed by atoms with Gasteiger partial charge < -0.3 is 0 Å². The monoisotopic (exact) mass is 256 g/mol. The van der Waals surface area contributed by atoms with Gasteiger partial charge in [0, 0.05) is 12.1 Å². The molecule has 1 saturated heterocycles. The average molecular weight is 257 g/mol. The molecule has 0 amide bonds. The van der Waals surface area contributed by atoms with E-state index in [0.29, 0.717) is 0 Å². The lowest BCUT2D eigenvalue weighted by Crippen LogP contribution is -2.58. The summed E-state index contributed by atoms with van der Waals surface area (Å²) in [5.74, 6) is 0. The van der Waals surface area contributed by atoms with E-state index in [4.69, 9.17) is 23.2 Å². The Morgan fingerprint density at radius 2 is 1.08 bits per heavy atom. The van der Waals surface area contributed by atoms with E-state index in [2.05, 4.69) is 0 Å². The fraction of sp³-hybridized carbons (Fsp3) is 1.00. The molecule has 2 atom stereocenters. The van der Waals surface area contributed by atoms with Crippen LogP contribution in [0, 0.1) is 0 Å². The van der Waals surface area contributed by atoms with Gasteiger partial charge in [0.2, 0.25) is 0 Å². The molecule has 1 heterocycles. The van der Waals surface area contributed by atoms with Crippen molar-refractivity contribution in [2.45, 2.75) is 22.8 Å². The fourth-order valence-corrected chi connectivity index (χ4v) is 8.72. The van der Waals surface area contributed by atoms with E-state index in [9.17, 15) is 16.4 Å². The van der Waals surface area contributed by atoms with Crippen molar-refractivity contribution in [2.75, 3.05) is 0 Å². The minimum Gasteiger partial charge on any atom is -0.268 e. The lowest BCUT2D eigenvalue weighted by Gasteiger charge is -2.31. The van der Waals surface area contributed by atoms with Gasteiger partial charge in [-0.05, 0) is 0 Å². The normalized spacial score (nSPS) is 39.5. The Labute approximate surface area is 79.3 Å². The van der Waals surface area contributed by atoms with Crippen LogP contribution in [0.25, 0.3) is 0 Å². The second-order valence-corrected chi connectivity index (χ2v) is 12.0. The van der Waals surface area contributed by atoms with Crippen LogP contribution >= 0.6 is 23.2 Å². The highest BCUT2D eigenvalue weighted by Gasteiger charge is 2.69. The zero-order valence-electron chi connectivity index (χ0n) is 5.84. The number of halogens is 6. The molecule has 0 aliphatic carbocycles. The fourth-order valence-electron chi connectivity index (χ4n) is 1.04. The van der Waals surface area contributed by atoms with Crippen LogP contribution in [0.15, 0.2) is 0 Å². The van der Waals surface area contributed by atoms with Crippen LogP contribution in [-0.2, 0) is 0 Å². The van der Waals surface area contributed by atoms with Gasteiger partial charge in [0.05, 0.1) is 10.8 Å². The van der Waals surface area contributed by atoms with E-state index in [1.807, 2.05) is 0 Å². The summed E-state index contributed by atoms with van der Waals surface area (Å²) in [6.45, 7) is 0. The quantitative estimate of drug-likeness (QED) is 0.271. The second-order valence-electron chi connectivity index (χ2n) is 2.85. The molecule has 1 aliphatic heterocycles. The zero-order valence-corrected chi connectivity index (χ0v) is 9.35. The van der Waals surface area contributed by atoms with Crippen LogP contribution < -0.4 is 0 Å². The topological polar surface area (TPSA) is 0 Å². The predicted molar refractivity (Wildman–Crippen MR) is 44.8 cm³/mol. The molecule has 12 heavy (non-hydrogen) atoms.